The van der Waals surface area contributed by atoms with Crippen LogP contribution in [0.25, 0.3) is 0 Å². The number of nitrogens with one attached hydrogen (secondary N) is 1. The molecular weight excluding hydrogens is 276 g/mol. The highest BCUT2D eigenvalue weighted by Gasteiger charge is 2.39. The third kappa shape index (κ3) is 3.30. The molecule has 1 N–H and O–H groups in total. The molecule has 1 saturated heterocycles. The van der Waals surface area contributed by atoms with E-state index < -0.39 is 15.4 Å². The molecule has 0 spiro atoms. The van der Waals surface area contributed by atoms with Crippen LogP contribution in [0.3, 0.4) is 0 Å². The van der Waals surface area contributed by atoms with Crippen molar-refractivity contribution in [1.29, 1.82) is 0 Å². The minimum atomic E-state index is -3.02. The van der Waals surface area contributed by atoms with E-state index in [1.54, 1.807) is 19.1 Å². The molecule has 6 heteroatoms. The molecule has 2 rings (SSSR count). The number of amides is 1. The Hall–Kier alpha value is -1.56. The van der Waals surface area contributed by atoms with Gasteiger partial charge in [0.15, 0.2) is 9.84 Å². The van der Waals surface area contributed by atoms with Crippen molar-refractivity contribution >= 4 is 21.4 Å². The van der Waals surface area contributed by atoms with Crippen LogP contribution in [0.15, 0.2) is 24.3 Å². The standard InChI is InChI=1S/C14H20N2O3S/c1-14(8-9-20(18,19)10-14)15-13(17)11-4-6-12(7-5-11)16(2)3/h4-7H,8-10H2,1-3H3,(H,15,17). The van der Waals surface area contributed by atoms with Gasteiger partial charge in [-0.05, 0) is 37.6 Å². The first-order valence-corrected chi connectivity index (χ1v) is 8.33. The highest BCUT2D eigenvalue weighted by molar-refractivity contribution is 7.91. The van der Waals surface area contributed by atoms with E-state index in [0.29, 0.717) is 12.0 Å². The molecule has 0 aliphatic carbocycles. The average Bonchev–Trinajstić information content (AvgIpc) is 2.63. The first-order chi connectivity index (χ1) is 9.21. The number of carbonyl (C=O) groups excluding carboxylic acids is 1. The Kier molecular flexibility index (Phi) is 3.77. The lowest BCUT2D eigenvalue weighted by Crippen LogP contribution is -2.46. The quantitative estimate of drug-likeness (QED) is 0.906. The second-order valence-electron chi connectivity index (χ2n) is 5.80. The lowest BCUT2D eigenvalue weighted by Gasteiger charge is -2.24. The van der Waals surface area contributed by atoms with E-state index in [1.807, 2.05) is 31.1 Å². The van der Waals surface area contributed by atoms with Crippen LogP contribution in [0.4, 0.5) is 5.69 Å². The van der Waals surface area contributed by atoms with Crippen molar-refractivity contribution in [1.82, 2.24) is 5.32 Å². The van der Waals surface area contributed by atoms with Gasteiger partial charge in [-0.2, -0.15) is 0 Å². The van der Waals surface area contributed by atoms with Crippen LogP contribution in [0.5, 0.6) is 0 Å². The van der Waals surface area contributed by atoms with Gasteiger partial charge in [0.2, 0.25) is 0 Å². The van der Waals surface area contributed by atoms with E-state index in [4.69, 9.17) is 0 Å². The number of anilines is 1. The second kappa shape index (κ2) is 5.09. The summed E-state index contributed by atoms with van der Waals surface area (Å²) in [5, 5.41) is 2.84. The number of carbonyl (C=O) groups is 1. The van der Waals surface area contributed by atoms with Crippen LogP contribution in [-0.2, 0) is 9.84 Å². The summed E-state index contributed by atoms with van der Waals surface area (Å²) in [4.78, 5) is 14.1. The Morgan fingerprint density at radius 3 is 2.30 bits per heavy atom. The molecule has 0 saturated carbocycles. The molecule has 0 aromatic heterocycles. The van der Waals surface area contributed by atoms with Gasteiger partial charge in [-0.25, -0.2) is 8.42 Å². The number of rotatable bonds is 3. The van der Waals surface area contributed by atoms with E-state index in [0.717, 1.165) is 5.69 Å². The summed E-state index contributed by atoms with van der Waals surface area (Å²) < 4.78 is 23.1. The van der Waals surface area contributed by atoms with Crippen molar-refractivity contribution in [3.8, 4) is 0 Å². The molecule has 5 nitrogen and oxygen atoms in total. The van der Waals surface area contributed by atoms with E-state index in [-0.39, 0.29) is 17.4 Å². The number of sulfone groups is 1. The highest BCUT2D eigenvalue weighted by Crippen LogP contribution is 2.23. The molecule has 1 heterocycles. The van der Waals surface area contributed by atoms with Crippen LogP contribution >= 0.6 is 0 Å². The molecule has 1 amide bonds. The average molecular weight is 296 g/mol. The molecule has 0 radical (unpaired) electrons. The van der Waals surface area contributed by atoms with E-state index in [9.17, 15) is 13.2 Å². The van der Waals surface area contributed by atoms with E-state index in [1.165, 1.54) is 0 Å². The zero-order chi connectivity index (χ0) is 15.0. The van der Waals surface area contributed by atoms with Crippen molar-refractivity contribution in [2.75, 3.05) is 30.5 Å². The van der Waals surface area contributed by atoms with Crippen molar-refractivity contribution in [2.24, 2.45) is 0 Å². The summed E-state index contributed by atoms with van der Waals surface area (Å²) in [6.07, 6.45) is 0.469. The summed E-state index contributed by atoms with van der Waals surface area (Å²) in [6.45, 7) is 1.78. The Morgan fingerprint density at radius 1 is 1.25 bits per heavy atom. The fourth-order valence-electron chi connectivity index (χ4n) is 2.37. The SMILES string of the molecule is CN(C)c1ccc(C(=O)NC2(C)CCS(=O)(=O)C2)cc1. The largest absolute Gasteiger partial charge is 0.378 e. The molecule has 1 unspecified atom stereocenters. The van der Waals surface area contributed by atoms with Gasteiger partial charge in [0.1, 0.15) is 0 Å². The number of nitrogens with zero attached hydrogens (tertiary/aromatic N) is 1. The Morgan fingerprint density at radius 2 is 1.85 bits per heavy atom. The molecule has 110 valence electrons. The summed E-state index contributed by atoms with van der Waals surface area (Å²) in [7, 11) is 0.839. The Labute approximate surface area is 119 Å². The van der Waals surface area contributed by atoms with Crippen LogP contribution in [0.1, 0.15) is 23.7 Å². The monoisotopic (exact) mass is 296 g/mol. The van der Waals surface area contributed by atoms with E-state index >= 15 is 0 Å². The molecule has 0 bridgehead atoms. The zero-order valence-corrected chi connectivity index (χ0v) is 12.8. The summed E-state index contributed by atoms with van der Waals surface area (Å²) in [5.74, 6) is -0.0693. The van der Waals surface area contributed by atoms with Crippen molar-refractivity contribution in [2.45, 2.75) is 18.9 Å². The van der Waals surface area contributed by atoms with Gasteiger partial charge in [-0.3, -0.25) is 4.79 Å². The first-order valence-electron chi connectivity index (χ1n) is 6.51. The first kappa shape index (κ1) is 14.8. The molecule has 20 heavy (non-hydrogen) atoms. The van der Waals surface area contributed by atoms with Crippen LogP contribution < -0.4 is 10.2 Å². The van der Waals surface area contributed by atoms with Gasteiger partial charge < -0.3 is 10.2 Å². The van der Waals surface area contributed by atoms with Crippen LogP contribution in [0.2, 0.25) is 0 Å². The van der Waals surface area contributed by atoms with Crippen LogP contribution in [0, 0.1) is 0 Å². The van der Waals surface area contributed by atoms with Gasteiger partial charge in [0.05, 0.1) is 17.0 Å². The smallest absolute Gasteiger partial charge is 0.251 e. The molecule has 1 aliphatic heterocycles. The van der Waals surface area contributed by atoms with Gasteiger partial charge in [0, 0.05) is 25.3 Å². The number of benzene rings is 1. The minimum absolute atomic E-state index is 0.0154. The summed E-state index contributed by atoms with van der Waals surface area (Å²) in [5.41, 5.74) is 0.896. The molecule has 1 aromatic rings. The maximum absolute atomic E-state index is 12.2. The third-order valence-corrected chi connectivity index (χ3v) is 5.47. The predicted molar refractivity (Wildman–Crippen MR) is 79.9 cm³/mol. The lowest BCUT2D eigenvalue weighted by atomic mass is 10.0. The van der Waals surface area contributed by atoms with Gasteiger partial charge >= 0.3 is 0 Å². The summed E-state index contributed by atoms with van der Waals surface area (Å²) >= 11 is 0. The molecule has 1 aliphatic rings. The van der Waals surface area contributed by atoms with Crippen molar-refractivity contribution in [3.63, 3.8) is 0 Å². The lowest BCUT2D eigenvalue weighted by molar-refractivity contribution is 0.0915. The van der Waals surface area contributed by atoms with Crippen LogP contribution in [-0.4, -0.2) is 45.5 Å². The molecule has 1 atom stereocenters. The van der Waals surface area contributed by atoms with E-state index in [2.05, 4.69) is 5.32 Å². The fraction of sp³-hybridized carbons (Fsp3) is 0.500. The summed E-state index contributed by atoms with van der Waals surface area (Å²) in [6, 6.07) is 7.22. The van der Waals surface area contributed by atoms with Gasteiger partial charge in [-0.1, -0.05) is 0 Å². The Balaban J connectivity index is 2.09. The van der Waals surface area contributed by atoms with Crippen molar-refractivity contribution < 1.29 is 13.2 Å². The molecule has 1 fully saturated rings. The maximum Gasteiger partial charge on any atom is 0.251 e. The number of hydrogen-bond donors (Lipinski definition) is 1. The van der Waals surface area contributed by atoms with Gasteiger partial charge in [0.25, 0.3) is 5.91 Å². The minimum Gasteiger partial charge on any atom is -0.378 e. The predicted octanol–water partition coefficient (Wildman–Crippen LogP) is 1.06. The van der Waals surface area contributed by atoms with Gasteiger partial charge in [-0.15, -0.1) is 0 Å². The second-order valence-corrected chi connectivity index (χ2v) is 7.98. The normalized spacial score (nSPS) is 24.4. The number of hydrogen-bond acceptors (Lipinski definition) is 4. The maximum atomic E-state index is 12.2. The molecular formula is C14H20N2O3S. The fourth-order valence-corrected chi connectivity index (χ4v) is 4.46. The topological polar surface area (TPSA) is 66.5 Å². The van der Waals surface area contributed by atoms with Crippen molar-refractivity contribution in [3.05, 3.63) is 29.8 Å². The Bertz CT molecular complexity index is 608. The zero-order valence-electron chi connectivity index (χ0n) is 12.0. The third-order valence-electron chi connectivity index (χ3n) is 3.56. The molecule has 1 aromatic carbocycles. The highest BCUT2D eigenvalue weighted by atomic mass is 32.2.